The number of alkyl halides is 3. The molecule has 1 fully saturated rings. The van der Waals surface area contributed by atoms with E-state index < -0.39 is 39.6 Å². The van der Waals surface area contributed by atoms with Crippen LogP contribution >= 0.6 is 23.2 Å². The highest BCUT2D eigenvalue weighted by Crippen LogP contribution is 2.50. The second-order valence-corrected chi connectivity index (χ2v) is 9.61. The minimum atomic E-state index is -4.87. The lowest BCUT2D eigenvalue weighted by molar-refractivity contribution is -0.275. The van der Waals surface area contributed by atoms with Gasteiger partial charge in [-0.1, -0.05) is 34.4 Å². The summed E-state index contributed by atoms with van der Waals surface area (Å²) >= 11 is 11.5. The Bertz CT molecular complexity index is 1180. The molecular weight excluding hydrogens is 497 g/mol. The summed E-state index contributed by atoms with van der Waals surface area (Å²) in [4.78, 5) is 19.1. The van der Waals surface area contributed by atoms with Crippen LogP contribution in [-0.2, 0) is 23.5 Å². The molecule has 2 heterocycles. The van der Waals surface area contributed by atoms with Crippen LogP contribution in [0, 0.1) is 5.82 Å². The third kappa shape index (κ3) is 3.88. The number of amides is 1. The first-order valence-corrected chi connectivity index (χ1v) is 11.5. The second-order valence-electron chi connectivity index (χ2n) is 8.80. The van der Waals surface area contributed by atoms with Gasteiger partial charge in [0.1, 0.15) is 5.84 Å². The quantitative estimate of drug-likeness (QED) is 0.407. The van der Waals surface area contributed by atoms with Gasteiger partial charge in [0.2, 0.25) is 0 Å². The molecule has 3 aliphatic rings. The van der Waals surface area contributed by atoms with E-state index in [1.807, 2.05) is 0 Å². The van der Waals surface area contributed by atoms with Gasteiger partial charge in [-0.3, -0.25) is 4.79 Å². The van der Waals surface area contributed by atoms with Gasteiger partial charge in [-0.2, -0.15) is 13.2 Å². The molecule has 1 atom stereocenters. The highest BCUT2D eigenvalue weighted by atomic mass is 35.5. The molecule has 0 spiro atoms. The van der Waals surface area contributed by atoms with Crippen molar-refractivity contribution in [2.75, 3.05) is 0 Å². The van der Waals surface area contributed by atoms with Crippen LogP contribution in [0.5, 0.6) is 0 Å². The van der Waals surface area contributed by atoms with Crippen molar-refractivity contribution in [1.82, 2.24) is 10.2 Å². The molecule has 0 radical (unpaired) electrons. The summed E-state index contributed by atoms with van der Waals surface area (Å²) in [5.74, 6) is -1.07. The fraction of sp³-hybridized carbons (Fsp3) is 0.391. The molecule has 2 aromatic carbocycles. The Hall–Kier alpha value is -2.52. The third-order valence-electron chi connectivity index (χ3n) is 6.62. The number of nitrogens with one attached hydrogen (secondary N) is 1. The maximum atomic E-state index is 14.2. The molecule has 1 saturated carbocycles. The fourth-order valence-electron chi connectivity index (χ4n) is 4.39. The summed E-state index contributed by atoms with van der Waals surface area (Å²) in [7, 11) is 0. The molecule has 5 rings (SSSR count). The topological polar surface area (TPSA) is 53.9 Å². The zero-order valence-corrected chi connectivity index (χ0v) is 19.2. The van der Waals surface area contributed by atoms with E-state index in [1.165, 1.54) is 0 Å². The number of rotatable bonds is 3. The maximum absolute atomic E-state index is 14.2. The zero-order valence-electron chi connectivity index (χ0n) is 17.7. The van der Waals surface area contributed by atoms with Crippen LogP contribution in [0.1, 0.15) is 52.7 Å². The van der Waals surface area contributed by atoms with Crippen molar-refractivity contribution in [3.63, 3.8) is 0 Å². The minimum Gasteiger partial charge on any atom is -0.372 e. The number of fused-ring (bicyclic) bond motifs is 1. The molecule has 1 amide bonds. The number of oxime groups is 1. The predicted octanol–water partition coefficient (Wildman–Crippen LogP) is 5.92. The van der Waals surface area contributed by atoms with E-state index in [0.29, 0.717) is 12.1 Å². The first-order chi connectivity index (χ1) is 16.1. The molecule has 34 heavy (non-hydrogen) atoms. The van der Waals surface area contributed by atoms with E-state index in [-0.39, 0.29) is 24.3 Å². The molecule has 1 aliphatic carbocycles. The first-order valence-electron chi connectivity index (χ1n) is 10.7. The van der Waals surface area contributed by atoms with Crippen LogP contribution in [0.2, 0.25) is 10.0 Å². The van der Waals surface area contributed by atoms with Crippen LogP contribution < -0.4 is 5.32 Å². The lowest BCUT2D eigenvalue weighted by Gasteiger charge is -2.30. The van der Waals surface area contributed by atoms with Gasteiger partial charge in [0.25, 0.3) is 11.5 Å². The summed E-state index contributed by atoms with van der Waals surface area (Å²) in [5, 5.41) is 5.66. The molecule has 0 aromatic heterocycles. The normalized spacial score (nSPS) is 22.2. The summed E-state index contributed by atoms with van der Waals surface area (Å²) < 4.78 is 56.5. The maximum Gasteiger partial charge on any atom is 0.435 e. The number of nitrogens with zero attached hydrogens (tertiary/aromatic N) is 2. The monoisotopic (exact) mass is 515 g/mol. The van der Waals surface area contributed by atoms with Gasteiger partial charge in [-0.05, 0) is 54.7 Å². The van der Waals surface area contributed by atoms with Crippen LogP contribution in [0.25, 0.3) is 0 Å². The average Bonchev–Trinajstić information content (AvgIpc) is 3.38. The number of halogens is 6. The van der Waals surface area contributed by atoms with Gasteiger partial charge in [-0.15, -0.1) is 0 Å². The van der Waals surface area contributed by atoms with Crippen molar-refractivity contribution < 1.29 is 27.2 Å². The Balaban J connectivity index is 1.36. The van der Waals surface area contributed by atoms with Crippen LogP contribution in [0.3, 0.4) is 0 Å². The molecule has 1 N–H and O–H groups in total. The lowest BCUT2D eigenvalue weighted by Crippen LogP contribution is -2.44. The van der Waals surface area contributed by atoms with E-state index in [4.69, 9.17) is 28.0 Å². The first kappa shape index (κ1) is 23.2. The SMILES string of the molecule is O=C(NC1CCC1)c1ccc2c(c1)CN(C1=NOC(c3cc(Cl)c(F)c(Cl)c3)(C(F)(F)F)C1)C2. The number of benzene rings is 2. The van der Waals surface area contributed by atoms with Crippen molar-refractivity contribution in [1.29, 1.82) is 0 Å². The van der Waals surface area contributed by atoms with Crippen LogP contribution in [0.15, 0.2) is 35.5 Å². The molecule has 2 aromatic rings. The van der Waals surface area contributed by atoms with E-state index in [2.05, 4.69) is 10.5 Å². The standard InChI is InChI=1S/C23H19Cl2F4N3O2/c24-17-7-15(8-18(25)20(17)26)22(23(27,28)29)9-19(31-34-22)32-10-13-5-4-12(6-14(13)11-32)21(33)30-16-2-1-3-16/h4-8,16H,1-3,9-11H2,(H,30,33). The molecule has 0 bridgehead atoms. The fourth-order valence-corrected chi connectivity index (χ4v) is 4.87. The van der Waals surface area contributed by atoms with Crippen LogP contribution in [-0.4, -0.2) is 28.9 Å². The van der Waals surface area contributed by atoms with Crippen molar-refractivity contribution in [2.24, 2.45) is 5.16 Å². The summed E-state index contributed by atoms with van der Waals surface area (Å²) in [6.45, 7) is 0.599. The van der Waals surface area contributed by atoms with Gasteiger partial charge in [0.05, 0.1) is 16.5 Å². The summed E-state index contributed by atoms with van der Waals surface area (Å²) in [5.41, 5.74) is -1.04. The Kier molecular flexibility index (Phi) is 5.67. The molecule has 180 valence electrons. The predicted molar refractivity (Wildman–Crippen MR) is 118 cm³/mol. The van der Waals surface area contributed by atoms with Crippen LogP contribution in [0.4, 0.5) is 17.6 Å². The third-order valence-corrected chi connectivity index (χ3v) is 7.17. The van der Waals surface area contributed by atoms with Crippen molar-refractivity contribution >= 4 is 34.9 Å². The Morgan fingerprint density at radius 3 is 2.41 bits per heavy atom. The number of hydrogen-bond donors (Lipinski definition) is 1. The minimum absolute atomic E-state index is 0.0885. The zero-order chi connectivity index (χ0) is 24.3. The van der Waals surface area contributed by atoms with E-state index in [0.717, 1.165) is 42.5 Å². The molecule has 1 unspecified atom stereocenters. The number of hydrogen-bond acceptors (Lipinski definition) is 4. The van der Waals surface area contributed by atoms with Crippen molar-refractivity contribution in [3.8, 4) is 0 Å². The van der Waals surface area contributed by atoms with E-state index >= 15 is 0 Å². The molecule has 0 saturated heterocycles. The smallest absolute Gasteiger partial charge is 0.372 e. The molecule has 2 aliphatic heterocycles. The van der Waals surface area contributed by atoms with E-state index in [9.17, 15) is 22.4 Å². The highest BCUT2D eigenvalue weighted by Gasteiger charge is 2.63. The summed E-state index contributed by atoms with van der Waals surface area (Å²) in [6.07, 6.45) is -2.46. The largest absolute Gasteiger partial charge is 0.435 e. The second kappa shape index (κ2) is 8.30. The Morgan fingerprint density at radius 1 is 1.12 bits per heavy atom. The molecule has 5 nitrogen and oxygen atoms in total. The number of carbonyl (C=O) groups excluding carboxylic acids is 1. The molecular formula is C23H19Cl2F4N3O2. The Morgan fingerprint density at radius 2 is 1.79 bits per heavy atom. The van der Waals surface area contributed by atoms with Gasteiger partial charge in [-0.25, -0.2) is 4.39 Å². The average molecular weight is 516 g/mol. The van der Waals surface area contributed by atoms with E-state index in [1.54, 1.807) is 23.1 Å². The van der Waals surface area contributed by atoms with Crippen molar-refractivity contribution in [2.45, 2.75) is 56.6 Å². The number of amidine groups is 1. The van der Waals surface area contributed by atoms with Gasteiger partial charge < -0.3 is 15.1 Å². The van der Waals surface area contributed by atoms with Gasteiger partial charge in [0.15, 0.2) is 5.82 Å². The van der Waals surface area contributed by atoms with Gasteiger partial charge >= 0.3 is 6.18 Å². The van der Waals surface area contributed by atoms with Gasteiger partial charge in [0, 0.05) is 30.3 Å². The number of carbonyl (C=O) groups is 1. The lowest BCUT2D eigenvalue weighted by atomic mass is 9.89. The summed E-state index contributed by atoms with van der Waals surface area (Å²) in [6, 6.07) is 7.20. The Labute approximate surface area is 202 Å². The molecule has 11 heteroatoms. The van der Waals surface area contributed by atoms with Crippen molar-refractivity contribution in [3.05, 3.63) is 68.4 Å². The highest BCUT2D eigenvalue weighted by molar-refractivity contribution is 6.35.